The minimum atomic E-state index is -3.59. The van der Waals surface area contributed by atoms with Gasteiger partial charge in [-0.15, -0.1) is 0 Å². The molecule has 0 unspecified atom stereocenters. The molecule has 106 valence electrons. The number of anilines is 1. The number of pyridine rings is 1. The second-order valence-electron chi connectivity index (χ2n) is 4.37. The molecule has 0 fully saturated rings. The summed E-state index contributed by atoms with van der Waals surface area (Å²) in [5, 5.41) is 0. The van der Waals surface area contributed by atoms with Gasteiger partial charge in [-0.2, -0.15) is 0 Å². The molecule has 0 spiro atoms. The Hall–Kier alpha value is -1.92. The summed E-state index contributed by atoms with van der Waals surface area (Å²) in [6.07, 6.45) is 2.25. The molecule has 0 amide bonds. The molecule has 0 bridgehead atoms. The zero-order valence-electron chi connectivity index (χ0n) is 11.2. The van der Waals surface area contributed by atoms with Crippen molar-refractivity contribution in [2.45, 2.75) is 24.8 Å². The molecule has 1 aromatic carbocycles. The van der Waals surface area contributed by atoms with Crippen LogP contribution in [0.5, 0.6) is 0 Å². The summed E-state index contributed by atoms with van der Waals surface area (Å²) in [5.41, 5.74) is 7.52. The summed E-state index contributed by atoms with van der Waals surface area (Å²) in [6.45, 7) is 2.06. The normalized spacial score (nSPS) is 11.4. The number of aryl methyl sites for hydroxylation is 1. The van der Waals surface area contributed by atoms with Crippen molar-refractivity contribution in [1.29, 1.82) is 0 Å². The van der Waals surface area contributed by atoms with Crippen LogP contribution in [0.3, 0.4) is 0 Å². The number of hydrogen-bond donors (Lipinski definition) is 2. The molecule has 3 N–H and O–H groups in total. The summed E-state index contributed by atoms with van der Waals surface area (Å²) in [7, 11) is -3.59. The first-order chi connectivity index (χ1) is 9.53. The maximum atomic E-state index is 12.3. The first-order valence-electron chi connectivity index (χ1n) is 6.31. The molecule has 2 rings (SSSR count). The number of nitrogens with one attached hydrogen (secondary N) is 1. The van der Waals surface area contributed by atoms with Gasteiger partial charge in [-0.25, -0.2) is 13.1 Å². The van der Waals surface area contributed by atoms with Crippen LogP contribution in [0.2, 0.25) is 0 Å². The van der Waals surface area contributed by atoms with Crippen LogP contribution in [0.4, 0.5) is 5.69 Å². The molecule has 1 aromatic heterocycles. The maximum Gasteiger partial charge on any atom is 0.241 e. The molecule has 0 aliphatic heterocycles. The van der Waals surface area contributed by atoms with Crippen LogP contribution in [0.15, 0.2) is 47.5 Å². The Labute approximate surface area is 118 Å². The van der Waals surface area contributed by atoms with E-state index in [-0.39, 0.29) is 11.4 Å². The lowest BCUT2D eigenvalue weighted by molar-refractivity contribution is 0.579. The monoisotopic (exact) mass is 291 g/mol. The van der Waals surface area contributed by atoms with Crippen molar-refractivity contribution in [2.24, 2.45) is 0 Å². The molecular formula is C14H17N3O2S. The van der Waals surface area contributed by atoms with Crippen molar-refractivity contribution in [3.63, 3.8) is 0 Å². The van der Waals surface area contributed by atoms with Gasteiger partial charge in [-0.1, -0.05) is 19.1 Å². The van der Waals surface area contributed by atoms with Gasteiger partial charge < -0.3 is 5.73 Å². The smallest absolute Gasteiger partial charge is 0.241 e. The molecule has 0 aliphatic rings. The summed E-state index contributed by atoms with van der Waals surface area (Å²) in [6, 6.07) is 10.3. The number of sulfonamides is 1. The summed E-state index contributed by atoms with van der Waals surface area (Å²) >= 11 is 0. The summed E-state index contributed by atoms with van der Waals surface area (Å²) in [4.78, 5) is 4.32. The predicted molar refractivity (Wildman–Crippen MR) is 78.5 cm³/mol. The lowest BCUT2D eigenvalue weighted by Crippen LogP contribution is -2.24. The largest absolute Gasteiger partial charge is 0.399 e. The molecular weight excluding hydrogens is 274 g/mol. The van der Waals surface area contributed by atoms with Crippen LogP contribution < -0.4 is 10.5 Å². The van der Waals surface area contributed by atoms with Gasteiger partial charge in [0.25, 0.3) is 0 Å². The zero-order chi connectivity index (χ0) is 14.6. The Kier molecular flexibility index (Phi) is 4.36. The molecule has 0 radical (unpaired) electrons. The first-order valence-corrected chi connectivity index (χ1v) is 7.79. The Morgan fingerprint density at radius 2 is 2.05 bits per heavy atom. The van der Waals surface area contributed by atoms with Crippen LogP contribution in [0.1, 0.15) is 18.2 Å². The van der Waals surface area contributed by atoms with Gasteiger partial charge in [-0.3, -0.25) is 4.98 Å². The highest BCUT2D eigenvalue weighted by Gasteiger charge is 2.18. The fraction of sp³-hybridized carbons (Fsp3) is 0.214. The van der Waals surface area contributed by atoms with Crippen molar-refractivity contribution in [1.82, 2.24) is 9.71 Å². The molecule has 1 heterocycles. The average molecular weight is 291 g/mol. The highest BCUT2D eigenvalue weighted by atomic mass is 32.2. The minimum absolute atomic E-state index is 0.154. The predicted octanol–water partition coefficient (Wildman–Crippen LogP) is 1.70. The van der Waals surface area contributed by atoms with E-state index in [1.807, 2.05) is 13.0 Å². The van der Waals surface area contributed by atoms with E-state index in [9.17, 15) is 8.42 Å². The molecule has 0 atom stereocenters. The quantitative estimate of drug-likeness (QED) is 0.821. The lowest BCUT2D eigenvalue weighted by Gasteiger charge is -2.11. The van der Waals surface area contributed by atoms with Gasteiger partial charge in [0.1, 0.15) is 0 Å². The Bertz CT molecular complexity index is 685. The summed E-state index contributed by atoms with van der Waals surface area (Å²) in [5.74, 6) is 0. The first kappa shape index (κ1) is 14.5. The average Bonchev–Trinajstić information content (AvgIpc) is 2.46. The van der Waals surface area contributed by atoms with E-state index in [0.717, 1.165) is 5.56 Å². The Balaban J connectivity index is 2.24. The van der Waals surface area contributed by atoms with E-state index in [4.69, 9.17) is 5.73 Å². The van der Waals surface area contributed by atoms with Crippen molar-refractivity contribution < 1.29 is 8.42 Å². The molecule has 6 heteroatoms. The van der Waals surface area contributed by atoms with Crippen LogP contribution in [0.25, 0.3) is 0 Å². The Morgan fingerprint density at radius 1 is 1.25 bits per heavy atom. The molecule has 0 aliphatic carbocycles. The van der Waals surface area contributed by atoms with Gasteiger partial charge in [0.05, 0.1) is 17.1 Å². The summed E-state index contributed by atoms with van der Waals surface area (Å²) < 4.78 is 27.2. The van der Waals surface area contributed by atoms with Crippen molar-refractivity contribution in [2.75, 3.05) is 5.73 Å². The van der Waals surface area contributed by atoms with E-state index in [2.05, 4.69) is 9.71 Å². The third-order valence-electron chi connectivity index (χ3n) is 2.93. The number of nitrogen functional groups attached to an aromatic ring is 1. The van der Waals surface area contributed by atoms with Crippen LogP contribution >= 0.6 is 0 Å². The van der Waals surface area contributed by atoms with E-state index in [1.54, 1.807) is 30.5 Å². The van der Waals surface area contributed by atoms with E-state index < -0.39 is 10.0 Å². The van der Waals surface area contributed by atoms with Crippen molar-refractivity contribution in [3.05, 3.63) is 53.9 Å². The molecule has 5 nitrogen and oxygen atoms in total. The van der Waals surface area contributed by atoms with Crippen molar-refractivity contribution in [3.8, 4) is 0 Å². The van der Waals surface area contributed by atoms with E-state index in [1.165, 1.54) is 6.07 Å². The minimum Gasteiger partial charge on any atom is -0.399 e. The Morgan fingerprint density at radius 3 is 2.70 bits per heavy atom. The number of hydrogen-bond acceptors (Lipinski definition) is 4. The van der Waals surface area contributed by atoms with Crippen molar-refractivity contribution >= 4 is 15.7 Å². The van der Waals surface area contributed by atoms with Crippen LogP contribution in [0, 0.1) is 0 Å². The van der Waals surface area contributed by atoms with Crippen LogP contribution in [-0.2, 0) is 23.0 Å². The van der Waals surface area contributed by atoms with Gasteiger partial charge in [0, 0.05) is 11.9 Å². The van der Waals surface area contributed by atoms with Crippen LogP contribution in [-0.4, -0.2) is 13.4 Å². The number of rotatable bonds is 5. The van der Waals surface area contributed by atoms with Gasteiger partial charge in [-0.05, 0) is 36.2 Å². The fourth-order valence-corrected chi connectivity index (χ4v) is 3.20. The zero-order valence-corrected chi connectivity index (χ0v) is 12.0. The topological polar surface area (TPSA) is 85.1 Å². The number of aromatic nitrogens is 1. The number of nitrogens with two attached hydrogens (primary N) is 1. The molecule has 0 saturated heterocycles. The third kappa shape index (κ3) is 3.34. The highest BCUT2D eigenvalue weighted by Crippen LogP contribution is 2.19. The van der Waals surface area contributed by atoms with Gasteiger partial charge in [0.15, 0.2) is 0 Å². The van der Waals surface area contributed by atoms with Gasteiger partial charge >= 0.3 is 0 Å². The second-order valence-corrected chi connectivity index (χ2v) is 6.10. The SMILES string of the molecule is CCc1ccc(N)cc1S(=O)(=O)NCc1ccccn1. The lowest BCUT2D eigenvalue weighted by atomic mass is 10.1. The highest BCUT2D eigenvalue weighted by molar-refractivity contribution is 7.89. The number of nitrogens with zero attached hydrogens (tertiary/aromatic N) is 1. The standard InChI is InChI=1S/C14H17N3O2S/c1-2-11-6-7-12(15)9-14(11)20(18,19)17-10-13-5-3-4-8-16-13/h3-9,17H,2,10,15H2,1H3. The molecule has 2 aromatic rings. The molecule has 0 saturated carbocycles. The van der Waals surface area contributed by atoms with E-state index >= 15 is 0 Å². The fourth-order valence-electron chi connectivity index (χ4n) is 1.86. The number of benzene rings is 1. The third-order valence-corrected chi connectivity index (χ3v) is 4.41. The van der Waals surface area contributed by atoms with Gasteiger partial charge in [0.2, 0.25) is 10.0 Å². The second kappa shape index (κ2) is 6.02. The van der Waals surface area contributed by atoms with E-state index in [0.29, 0.717) is 17.8 Å². The molecule has 20 heavy (non-hydrogen) atoms. The maximum absolute atomic E-state index is 12.3.